The Morgan fingerprint density at radius 1 is 0.562 bits per heavy atom. The average molecular weight is 459 g/mol. The first-order valence-electron chi connectivity index (χ1n) is 12.7. The van der Waals surface area contributed by atoms with Crippen LogP contribution in [0.4, 0.5) is 0 Å². The van der Waals surface area contributed by atoms with Gasteiger partial charge in [-0.1, -0.05) is 114 Å². The van der Waals surface area contributed by atoms with Gasteiger partial charge in [0.15, 0.2) is 0 Å². The maximum absolute atomic E-state index is 10.6. The molecule has 1 N–H and O–H groups in total. The fourth-order valence-electron chi connectivity index (χ4n) is 3.98. The topological polar surface area (TPSA) is 38.7 Å². The minimum Gasteiger partial charge on any atom is -0.418 e. The van der Waals surface area contributed by atoms with Crippen LogP contribution in [-0.2, 0) is 12.8 Å². The highest BCUT2D eigenvalue weighted by atomic mass is 31.2. The summed E-state index contributed by atoms with van der Waals surface area (Å²) in [6.07, 6.45) is 17.2. The van der Waals surface area contributed by atoms with Crippen molar-refractivity contribution in [1.29, 1.82) is 0 Å². The van der Waals surface area contributed by atoms with Gasteiger partial charge in [-0.25, -0.2) is 0 Å². The minimum absolute atomic E-state index is 0.739. The maximum Gasteiger partial charge on any atom is 0.460 e. The van der Waals surface area contributed by atoms with Crippen LogP contribution >= 0.6 is 8.60 Å². The highest BCUT2D eigenvalue weighted by Gasteiger charge is 2.16. The predicted octanol–water partition coefficient (Wildman–Crippen LogP) is 9.17. The lowest BCUT2D eigenvalue weighted by molar-refractivity contribution is 0.377. The second-order valence-corrected chi connectivity index (χ2v) is 9.51. The van der Waals surface area contributed by atoms with Crippen molar-refractivity contribution in [2.45, 2.75) is 104 Å². The van der Waals surface area contributed by atoms with Gasteiger partial charge in [-0.3, -0.25) is 0 Å². The molecule has 0 spiro atoms. The number of para-hydroxylation sites is 2. The summed E-state index contributed by atoms with van der Waals surface area (Å²) in [5.41, 5.74) is 2.29. The molecule has 0 unspecified atom stereocenters. The summed E-state index contributed by atoms with van der Waals surface area (Å²) < 4.78 is 11.7. The molecule has 0 saturated carbocycles. The summed E-state index contributed by atoms with van der Waals surface area (Å²) in [5.74, 6) is 1.48. The van der Waals surface area contributed by atoms with Crippen LogP contribution in [0.3, 0.4) is 0 Å². The number of hydrogen-bond donors (Lipinski definition) is 1. The number of hydrogen-bond acceptors (Lipinski definition) is 3. The van der Waals surface area contributed by atoms with Gasteiger partial charge in [0.2, 0.25) is 0 Å². The van der Waals surface area contributed by atoms with Gasteiger partial charge in [0.1, 0.15) is 11.5 Å². The molecule has 0 aliphatic heterocycles. The molecule has 178 valence electrons. The van der Waals surface area contributed by atoms with Crippen molar-refractivity contribution in [1.82, 2.24) is 0 Å². The van der Waals surface area contributed by atoms with E-state index in [9.17, 15) is 4.89 Å². The van der Waals surface area contributed by atoms with Gasteiger partial charge < -0.3 is 13.9 Å². The normalized spacial score (nSPS) is 11.1. The number of unbranched alkanes of at least 4 members (excludes halogenated alkanes) is 10. The van der Waals surface area contributed by atoms with Gasteiger partial charge in [0.25, 0.3) is 0 Å². The van der Waals surface area contributed by atoms with E-state index >= 15 is 0 Å². The Labute approximate surface area is 197 Å². The molecule has 2 aromatic carbocycles. The fourth-order valence-corrected chi connectivity index (χ4v) is 4.71. The Kier molecular flexibility index (Phi) is 14.2. The van der Waals surface area contributed by atoms with Crippen molar-refractivity contribution < 1.29 is 13.9 Å². The van der Waals surface area contributed by atoms with E-state index in [4.69, 9.17) is 9.05 Å². The van der Waals surface area contributed by atoms with Crippen LogP contribution in [0.1, 0.15) is 102 Å². The number of aryl methyl sites for hydroxylation is 2. The molecular weight excluding hydrogens is 415 g/mol. The molecular formula is C28H43O3P. The van der Waals surface area contributed by atoms with Crippen molar-refractivity contribution in [3.05, 3.63) is 59.7 Å². The highest BCUT2D eigenvalue weighted by molar-refractivity contribution is 7.41. The molecule has 0 radical (unpaired) electrons. The second-order valence-electron chi connectivity index (χ2n) is 8.67. The van der Waals surface area contributed by atoms with E-state index in [-0.39, 0.29) is 0 Å². The van der Waals surface area contributed by atoms with E-state index in [1.807, 2.05) is 36.4 Å². The van der Waals surface area contributed by atoms with Gasteiger partial charge in [0.05, 0.1) is 0 Å². The quantitative estimate of drug-likeness (QED) is 0.179. The van der Waals surface area contributed by atoms with Crippen LogP contribution in [0.5, 0.6) is 11.5 Å². The van der Waals surface area contributed by atoms with Crippen molar-refractivity contribution >= 4 is 8.60 Å². The number of benzene rings is 2. The van der Waals surface area contributed by atoms with Gasteiger partial charge in [-0.2, -0.15) is 0 Å². The lowest BCUT2D eigenvalue weighted by Gasteiger charge is -2.17. The summed E-state index contributed by atoms with van der Waals surface area (Å²) in [6, 6.07) is 16.0. The zero-order valence-corrected chi connectivity index (χ0v) is 21.1. The molecule has 3 nitrogen and oxygen atoms in total. The lowest BCUT2D eigenvalue weighted by Crippen LogP contribution is -2.00. The molecule has 0 aliphatic carbocycles. The van der Waals surface area contributed by atoms with Crippen molar-refractivity contribution in [3.63, 3.8) is 0 Å². The lowest BCUT2D eigenvalue weighted by atomic mass is 10.0. The van der Waals surface area contributed by atoms with Crippen LogP contribution in [0.25, 0.3) is 0 Å². The zero-order valence-electron chi connectivity index (χ0n) is 20.2. The van der Waals surface area contributed by atoms with E-state index < -0.39 is 8.60 Å². The summed E-state index contributed by atoms with van der Waals surface area (Å²) in [6.45, 7) is 4.49. The standard InChI is InChI=1S/C28H43O3P/c1-3-5-7-9-11-13-19-25-21-15-17-23-27(25)30-32(29)31-28-24-18-16-22-26(28)20-14-12-10-8-6-4-2/h15-18,21-24,29H,3-14,19-20H2,1-2H3. The van der Waals surface area contributed by atoms with Crippen molar-refractivity contribution in [2.24, 2.45) is 0 Å². The second kappa shape index (κ2) is 17.0. The van der Waals surface area contributed by atoms with Gasteiger partial charge in [-0.15, -0.1) is 0 Å². The van der Waals surface area contributed by atoms with Crippen LogP contribution in [-0.4, -0.2) is 4.89 Å². The zero-order chi connectivity index (χ0) is 22.9. The maximum atomic E-state index is 10.6. The van der Waals surface area contributed by atoms with E-state index in [1.165, 1.54) is 64.2 Å². The molecule has 2 rings (SSSR count). The molecule has 0 fully saturated rings. The van der Waals surface area contributed by atoms with Crippen LogP contribution in [0.15, 0.2) is 48.5 Å². The fraction of sp³-hybridized carbons (Fsp3) is 0.571. The first-order chi connectivity index (χ1) is 15.7. The Hall–Kier alpha value is -1.57. The summed E-state index contributed by atoms with van der Waals surface area (Å²) >= 11 is 0. The molecule has 32 heavy (non-hydrogen) atoms. The van der Waals surface area contributed by atoms with Crippen LogP contribution < -0.4 is 9.05 Å². The summed E-state index contributed by atoms with van der Waals surface area (Å²) in [5, 5.41) is 0. The minimum atomic E-state index is -2.02. The Balaban J connectivity index is 1.83. The third-order valence-electron chi connectivity index (χ3n) is 5.90. The van der Waals surface area contributed by atoms with Crippen LogP contribution in [0, 0.1) is 0 Å². The van der Waals surface area contributed by atoms with Crippen LogP contribution in [0.2, 0.25) is 0 Å². The Bertz CT molecular complexity index is 673. The van der Waals surface area contributed by atoms with E-state index in [0.717, 1.165) is 48.3 Å². The number of rotatable bonds is 18. The summed E-state index contributed by atoms with van der Waals surface area (Å²) in [7, 11) is -2.02. The molecule has 2 aromatic rings. The predicted molar refractivity (Wildman–Crippen MR) is 137 cm³/mol. The van der Waals surface area contributed by atoms with E-state index in [2.05, 4.69) is 26.0 Å². The first-order valence-corrected chi connectivity index (χ1v) is 13.9. The summed E-state index contributed by atoms with van der Waals surface area (Å²) in [4.78, 5) is 10.6. The van der Waals surface area contributed by atoms with Gasteiger partial charge in [-0.05, 0) is 48.9 Å². The molecule has 0 aromatic heterocycles. The molecule has 0 heterocycles. The van der Waals surface area contributed by atoms with E-state index in [0.29, 0.717) is 0 Å². The van der Waals surface area contributed by atoms with Crippen molar-refractivity contribution in [2.75, 3.05) is 0 Å². The molecule has 0 bridgehead atoms. The third kappa shape index (κ3) is 10.8. The average Bonchev–Trinajstić information content (AvgIpc) is 2.80. The smallest absolute Gasteiger partial charge is 0.418 e. The first kappa shape index (κ1) is 26.7. The highest BCUT2D eigenvalue weighted by Crippen LogP contribution is 2.39. The Morgan fingerprint density at radius 3 is 1.38 bits per heavy atom. The molecule has 4 heteroatoms. The SMILES string of the molecule is CCCCCCCCc1ccccc1OP(O)Oc1ccccc1CCCCCCCC. The largest absolute Gasteiger partial charge is 0.460 e. The van der Waals surface area contributed by atoms with Gasteiger partial charge >= 0.3 is 8.60 Å². The third-order valence-corrected chi connectivity index (χ3v) is 6.60. The molecule has 0 amide bonds. The van der Waals surface area contributed by atoms with Crippen molar-refractivity contribution in [3.8, 4) is 11.5 Å². The molecule has 0 aliphatic rings. The monoisotopic (exact) mass is 458 g/mol. The molecule has 0 saturated heterocycles. The van der Waals surface area contributed by atoms with E-state index in [1.54, 1.807) is 0 Å². The van der Waals surface area contributed by atoms with Gasteiger partial charge in [0, 0.05) is 0 Å². The Morgan fingerprint density at radius 2 is 0.938 bits per heavy atom. The molecule has 0 atom stereocenters.